The average molecular weight is 721 g/mol. The summed E-state index contributed by atoms with van der Waals surface area (Å²) in [5.74, 6) is -4.63. The third kappa shape index (κ3) is 7.26. The summed E-state index contributed by atoms with van der Waals surface area (Å²) in [5.41, 5.74) is 1.40. The highest BCUT2D eigenvalue weighted by Crippen LogP contribution is 2.69. The lowest BCUT2D eigenvalue weighted by atomic mass is 9.45. The van der Waals surface area contributed by atoms with Crippen molar-refractivity contribution in [3.8, 4) is 5.75 Å². The lowest BCUT2D eigenvalue weighted by Crippen LogP contribution is -2.68. The number of benzene rings is 1. The molecule has 0 radical (unpaired) electrons. The second-order valence-corrected chi connectivity index (χ2v) is 14.2. The summed E-state index contributed by atoms with van der Waals surface area (Å²) in [6.07, 6.45) is -2.01. The first-order valence-electron chi connectivity index (χ1n) is 16.8. The number of aliphatic hydroxyl groups excluding tert-OH is 2. The van der Waals surface area contributed by atoms with Crippen molar-refractivity contribution in [2.75, 3.05) is 19.8 Å². The molecule has 0 amide bonds. The SMILES string of the molecule is C[C@]12C[C@H](O)[C@@]3(F)C(C[C@H](F)C4=CC(=O)C=C[C@@]43C)C1C[C@@H](O)[C@@H]2C(=O)COC(=O)Oc1ccc(C[C@H](N)C(=O)OCCCCO[N+](=O)[O-])cc1. The standard InChI is InChI=1S/C35H42F2N2O12/c1-33-17-29(43)35(37)23(15-25(36)24-14-20(40)9-10-34(24,35)2)22(33)16-27(41)30(33)28(42)18-49-32(45)51-21-7-5-19(6-8-21)13-26(38)31(44)48-11-3-4-12-50-39(46)47/h5-10,14,22-23,25-27,29-30,41,43H,3-4,11-13,15-18,38H2,1-2H3/t22?,23?,25-,26-,27+,29-,30+,33-,34-,35-/m0/s1. The molecular weight excluding hydrogens is 678 g/mol. The number of fused-ring (bicyclic) bond motifs is 5. The minimum Gasteiger partial charge on any atom is -0.465 e. The van der Waals surface area contributed by atoms with E-state index in [0.717, 1.165) is 6.08 Å². The number of carbonyl (C=O) groups is 4. The number of halogens is 2. The van der Waals surface area contributed by atoms with Crippen LogP contribution in [0.1, 0.15) is 51.5 Å². The Morgan fingerprint density at radius 3 is 2.45 bits per heavy atom. The molecule has 5 rings (SSSR count). The van der Waals surface area contributed by atoms with E-state index in [0.29, 0.717) is 18.4 Å². The van der Waals surface area contributed by atoms with Gasteiger partial charge < -0.3 is 35.0 Å². The summed E-state index contributed by atoms with van der Waals surface area (Å²) in [5, 5.41) is 31.7. The Bertz CT molecular complexity index is 1600. The van der Waals surface area contributed by atoms with Gasteiger partial charge in [-0.3, -0.25) is 14.4 Å². The Hall–Kier alpha value is -4.28. The fraction of sp³-hybridized carbons (Fsp3) is 0.600. The molecule has 4 aliphatic carbocycles. The van der Waals surface area contributed by atoms with E-state index >= 15 is 8.78 Å². The second-order valence-electron chi connectivity index (χ2n) is 14.2. The molecule has 16 heteroatoms. The first-order valence-corrected chi connectivity index (χ1v) is 16.8. The molecular formula is C35H42F2N2O12. The number of nitrogens with zero attached hydrogens (tertiary/aromatic N) is 1. The van der Waals surface area contributed by atoms with Gasteiger partial charge >= 0.3 is 12.1 Å². The van der Waals surface area contributed by atoms with Gasteiger partial charge in [-0.1, -0.05) is 25.1 Å². The highest BCUT2D eigenvalue weighted by atomic mass is 19.1. The summed E-state index contributed by atoms with van der Waals surface area (Å²) in [7, 11) is 0. The van der Waals surface area contributed by atoms with Crippen molar-refractivity contribution in [2.24, 2.45) is 34.3 Å². The Morgan fingerprint density at radius 2 is 1.76 bits per heavy atom. The van der Waals surface area contributed by atoms with Gasteiger partial charge in [-0.15, -0.1) is 10.1 Å². The van der Waals surface area contributed by atoms with Gasteiger partial charge in [0.05, 0.1) is 31.3 Å². The van der Waals surface area contributed by atoms with Crippen LogP contribution in [0.4, 0.5) is 13.6 Å². The van der Waals surface area contributed by atoms with Crippen LogP contribution in [0.3, 0.4) is 0 Å². The van der Waals surface area contributed by atoms with Gasteiger partial charge in [-0.05, 0) is 92.2 Å². The number of nitrogens with two attached hydrogens (primary N) is 1. The Balaban J connectivity index is 1.13. The number of hydrogen-bond donors (Lipinski definition) is 3. The average Bonchev–Trinajstić information content (AvgIpc) is 3.33. The van der Waals surface area contributed by atoms with Crippen LogP contribution in [-0.4, -0.2) is 88.9 Å². The van der Waals surface area contributed by atoms with Gasteiger partial charge in [0, 0.05) is 11.3 Å². The number of alkyl halides is 2. The van der Waals surface area contributed by atoms with Crippen molar-refractivity contribution in [1.82, 2.24) is 0 Å². The van der Waals surface area contributed by atoms with E-state index < -0.39 is 94.1 Å². The van der Waals surface area contributed by atoms with Crippen LogP contribution in [-0.2, 0) is 35.1 Å². The van der Waals surface area contributed by atoms with Gasteiger partial charge in [0.1, 0.15) is 18.0 Å². The molecule has 1 aromatic carbocycles. The number of rotatable bonds is 13. The Kier molecular flexibility index (Phi) is 11.0. The van der Waals surface area contributed by atoms with Crippen LogP contribution in [0.15, 0.2) is 48.1 Å². The predicted octanol–water partition coefficient (Wildman–Crippen LogP) is 3.08. The number of hydrogen-bond acceptors (Lipinski definition) is 13. The van der Waals surface area contributed by atoms with E-state index in [2.05, 4.69) is 4.84 Å². The molecule has 0 spiro atoms. The number of allylic oxidation sites excluding steroid dienone is 4. The zero-order valence-electron chi connectivity index (χ0n) is 28.2. The van der Waals surface area contributed by atoms with E-state index in [1.165, 1.54) is 31.2 Å². The minimum absolute atomic E-state index is 0.0187. The molecule has 278 valence electrons. The van der Waals surface area contributed by atoms with Crippen molar-refractivity contribution in [1.29, 1.82) is 0 Å². The van der Waals surface area contributed by atoms with E-state index in [1.807, 2.05) is 0 Å². The van der Waals surface area contributed by atoms with Crippen molar-refractivity contribution in [3.63, 3.8) is 0 Å². The molecule has 51 heavy (non-hydrogen) atoms. The lowest BCUT2D eigenvalue weighted by Gasteiger charge is -2.62. The van der Waals surface area contributed by atoms with Gasteiger partial charge in [0.2, 0.25) is 0 Å². The maximum atomic E-state index is 17.3. The molecule has 4 N–H and O–H groups in total. The van der Waals surface area contributed by atoms with Gasteiger partial charge in [-0.25, -0.2) is 13.6 Å². The first-order chi connectivity index (χ1) is 24.0. The summed E-state index contributed by atoms with van der Waals surface area (Å²) >= 11 is 0. The summed E-state index contributed by atoms with van der Waals surface area (Å²) in [4.78, 5) is 64.4. The number of Topliss-reactive ketones (excluding diaryl/α,β-unsaturated/α-hetero) is 1. The second kappa shape index (κ2) is 14.8. The number of ether oxygens (including phenoxy) is 3. The zero-order valence-corrected chi connectivity index (χ0v) is 28.2. The number of ketones is 2. The molecule has 10 atom stereocenters. The third-order valence-corrected chi connectivity index (χ3v) is 11.2. The molecule has 0 aromatic heterocycles. The Morgan fingerprint density at radius 1 is 1.08 bits per heavy atom. The molecule has 2 unspecified atom stereocenters. The smallest absolute Gasteiger partial charge is 0.465 e. The monoisotopic (exact) mass is 720 g/mol. The molecule has 14 nitrogen and oxygen atoms in total. The fourth-order valence-corrected chi connectivity index (χ4v) is 8.80. The van der Waals surface area contributed by atoms with E-state index in [4.69, 9.17) is 19.9 Å². The maximum absolute atomic E-state index is 17.3. The molecule has 3 fully saturated rings. The third-order valence-electron chi connectivity index (χ3n) is 11.2. The van der Waals surface area contributed by atoms with Crippen LogP contribution in [0, 0.1) is 38.7 Å². The molecule has 3 saturated carbocycles. The van der Waals surface area contributed by atoms with Crippen molar-refractivity contribution in [3.05, 3.63) is 63.7 Å². The number of carbonyl (C=O) groups excluding carboxylic acids is 4. The van der Waals surface area contributed by atoms with Crippen LogP contribution < -0.4 is 10.5 Å². The largest absolute Gasteiger partial charge is 0.514 e. The zero-order chi connectivity index (χ0) is 37.3. The van der Waals surface area contributed by atoms with Crippen LogP contribution in [0.25, 0.3) is 0 Å². The van der Waals surface area contributed by atoms with E-state index in [9.17, 15) is 39.5 Å². The van der Waals surface area contributed by atoms with Crippen LogP contribution >= 0.6 is 0 Å². The molecule has 0 saturated heterocycles. The minimum atomic E-state index is -2.36. The number of unbranched alkanes of at least 4 members (excludes halogenated alkanes) is 1. The van der Waals surface area contributed by atoms with Crippen LogP contribution in [0.2, 0.25) is 0 Å². The highest BCUT2D eigenvalue weighted by molar-refractivity contribution is 6.01. The van der Waals surface area contributed by atoms with Crippen molar-refractivity contribution in [2.45, 2.75) is 82.5 Å². The quantitative estimate of drug-likeness (QED) is 0.0880. The van der Waals surface area contributed by atoms with E-state index in [1.54, 1.807) is 19.1 Å². The topological polar surface area (TPSA) is 215 Å². The van der Waals surface area contributed by atoms with Gasteiger partial charge in [0.15, 0.2) is 23.8 Å². The van der Waals surface area contributed by atoms with Gasteiger partial charge in [-0.2, -0.15) is 0 Å². The fourth-order valence-electron chi connectivity index (χ4n) is 8.80. The van der Waals surface area contributed by atoms with Gasteiger partial charge in [0.25, 0.3) is 5.09 Å². The lowest BCUT2D eigenvalue weighted by molar-refractivity contribution is -0.757. The van der Waals surface area contributed by atoms with E-state index in [-0.39, 0.29) is 50.2 Å². The maximum Gasteiger partial charge on any atom is 0.514 e. The number of esters is 1. The molecule has 0 bridgehead atoms. The van der Waals surface area contributed by atoms with Crippen LogP contribution in [0.5, 0.6) is 5.75 Å². The predicted molar refractivity (Wildman–Crippen MR) is 172 cm³/mol. The molecule has 4 aliphatic rings. The molecule has 0 aliphatic heterocycles. The van der Waals surface area contributed by atoms with Crippen molar-refractivity contribution >= 4 is 23.7 Å². The summed E-state index contributed by atoms with van der Waals surface area (Å²) in [6, 6.07) is 4.96. The highest BCUT2D eigenvalue weighted by Gasteiger charge is 2.73. The Labute approximate surface area is 292 Å². The molecule has 1 aromatic rings. The summed E-state index contributed by atoms with van der Waals surface area (Å²) in [6.45, 7) is 2.25. The number of aliphatic hydroxyl groups is 2. The van der Waals surface area contributed by atoms with Crippen molar-refractivity contribution < 1.29 is 62.3 Å². The summed E-state index contributed by atoms with van der Waals surface area (Å²) < 4.78 is 48.1. The normalized spacial score (nSPS) is 34.3. The molecule has 0 heterocycles. The first kappa shape index (κ1) is 38.0.